The Bertz CT molecular complexity index is 136. The molecule has 0 atom stereocenters. The van der Waals surface area contributed by atoms with Crippen molar-refractivity contribution in [3.63, 3.8) is 0 Å². The molecule has 0 aromatic carbocycles. The third-order valence-electron chi connectivity index (χ3n) is 3.65. The van der Waals surface area contributed by atoms with Crippen molar-refractivity contribution in [2.45, 2.75) is 90.1 Å². The number of hydrogen-bond acceptors (Lipinski definition) is 1. The summed E-state index contributed by atoms with van der Waals surface area (Å²) in [6, 6.07) is 0. The topological polar surface area (TPSA) is 9.23 Å². The fourth-order valence-electron chi connectivity index (χ4n) is 2.54. The second kappa shape index (κ2) is 10.1. The third-order valence-corrected chi connectivity index (χ3v) is 3.65. The first-order chi connectivity index (χ1) is 7.93. The van der Waals surface area contributed by atoms with Crippen LogP contribution in [0.15, 0.2) is 0 Å². The summed E-state index contributed by atoms with van der Waals surface area (Å²) < 4.78 is 5.97. The van der Waals surface area contributed by atoms with Gasteiger partial charge in [-0.15, -0.1) is 0 Å². The number of ether oxygens (including phenoxy) is 1. The molecule has 1 rings (SSSR count). The van der Waals surface area contributed by atoms with Gasteiger partial charge in [-0.25, -0.2) is 0 Å². The molecule has 0 aliphatic heterocycles. The Labute approximate surface area is 102 Å². The van der Waals surface area contributed by atoms with Gasteiger partial charge in [-0.2, -0.15) is 0 Å². The molecule has 0 N–H and O–H groups in total. The van der Waals surface area contributed by atoms with Crippen LogP contribution in [0.4, 0.5) is 0 Å². The number of rotatable bonds is 8. The molecule has 16 heavy (non-hydrogen) atoms. The highest BCUT2D eigenvalue weighted by Gasteiger charge is 2.11. The van der Waals surface area contributed by atoms with E-state index in [1.165, 1.54) is 77.0 Å². The van der Waals surface area contributed by atoms with E-state index in [9.17, 15) is 0 Å². The molecule has 0 saturated heterocycles. The van der Waals surface area contributed by atoms with Crippen LogP contribution in [0.5, 0.6) is 0 Å². The van der Waals surface area contributed by atoms with Crippen molar-refractivity contribution < 1.29 is 4.74 Å². The lowest BCUT2D eigenvalue weighted by Gasteiger charge is -2.15. The van der Waals surface area contributed by atoms with Crippen LogP contribution >= 0.6 is 0 Å². The first-order valence-corrected chi connectivity index (χ1v) is 7.55. The predicted octanol–water partition coefficient (Wildman–Crippen LogP) is 5.09. The highest BCUT2D eigenvalue weighted by Crippen LogP contribution is 2.20. The first-order valence-electron chi connectivity index (χ1n) is 7.55. The van der Waals surface area contributed by atoms with Crippen LogP contribution in [0.3, 0.4) is 0 Å². The smallest absolute Gasteiger partial charge is 0.0575 e. The second-order valence-electron chi connectivity index (χ2n) is 5.25. The van der Waals surface area contributed by atoms with Crippen molar-refractivity contribution in [1.29, 1.82) is 0 Å². The van der Waals surface area contributed by atoms with Crippen LogP contribution in [-0.4, -0.2) is 12.7 Å². The van der Waals surface area contributed by atoms with Crippen molar-refractivity contribution in [1.82, 2.24) is 0 Å². The molecule has 0 spiro atoms. The maximum atomic E-state index is 5.97. The zero-order valence-electron chi connectivity index (χ0n) is 11.2. The van der Waals surface area contributed by atoms with E-state index in [0.717, 1.165) is 6.61 Å². The molecule has 1 nitrogen and oxygen atoms in total. The molecule has 0 unspecified atom stereocenters. The minimum Gasteiger partial charge on any atom is -0.378 e. The third kappa shape index (κ3) is 7.27. The summed E-state index contributed by atoms with van der Waals surface area (Å²) in [5, 5.41) is 0. The molecule has 0 radical (unpaired) electrons. The maximum Gasteiger partial charge on any atom is 0.0575 e. The highest BCUT2D eigenvalue weighted by atomic mass is 16.5. The van der Waals surface area contributed by atoms with E-state index in [-0.39, 0.29) is 0 Å². The fourth-order valence-corrected chi connectivity index (χ4v) is 2.54. The molecule has 1 aliphatic rings. The molecule has 0 amide bonds. The summed E-state index contributed by atoms with van der Waals surface area (Å²) >= 11 is 0. The van der Waals surface area contributed by atoms with E-state index in [1.54, 1.807) is 0 Å². The quantitative estimate of drug-likeness (QED) is 0.414. The van der Waals surface area contributed by atoms with Crippen LogP contribution in [0.2, 0.25) is 0 Å². The van der Waals surface area contributed by atoms with Gasteiger partial charge in [0.1, 0.15) is 0 Å². The second-order valence-corrected chi connectivity index (χ2v) is 5.25. The molecule has 96 valence electrons. The SMILES string of the molecule is CCCCCCCCOC1CCCCCC1. The molecule has 1 aliphatic carbocycles. The molecule has 0 aromatic heterocycles. The number of hydrogen-bond donors (Lipinski definition) is 0. The Morgan fingerprint density at radius 2 is 1.44 bits per heavy atom. The summed E-state index contributed by atoms with van der Waals surface area (Å²) in [6.45, 7) is 3.28. The van der Waals surface area contributed by atoms with Crippen molar-refractivity contribution in [3.8, 4) is 0 Å². The van der Waals surface area contributed by atoms with Gasteiger partial charge in [0, 0.05) is 6.61 Å². The average Bonchev–Trinajstić information content (AvgIpc) is 2.56. The van der Waals surface area contributed by atoms with Gasteiger partial charge < -0.3 is 4.74 Å². The van der Waals surface area contributed by atoms with Crippen LogP contribution in [0.25, 0.3) is 0 Å². The van der Waals surface area contributed by atoms with Gasteiger partial charge in [0.15, 0.2) is 0 Å². The van der Waals surface area contributed by atoms with Crippen molar-refractivity contribution in [3.05, 3.63) is 0 Å². The molecule has 0 bridgehead atoms. The summed E-state index contributed by atoms with van der Waals surface area (Å²) in [6.07, 6.45) is 17.1. The van der Waals surface area contributed by atoms with Gasteiger partial charge in [-0.05, 0) is 19.3 Å². The lowest BCUT2D eigenvalue weighted by molar-refractivity contribution is 0.0407. The summed E-state index contributed by atoms with van der Waals surface area (Å²) in [4.78, 5) is 0. The van der Waals surface area contributed by atoms with Gasteiger partial charge >= 0.3 is 0 Å². The average molecular weight is 226 g/mol. The van der Waals surface area contributed by atoms with Crippen LogP contribution in [-0.2, 0) is 4.74 Å². The summed E-state index contributed by atoms with van der Waals surface area (Å²) in [5.41, 5.74) is 0. The summed E-state index contributed by atoms with van der Waals surface area (Å²) in [5.74, 6) is 0. The maximum absolute atomic E-state index is 5.97. The summed E-state index contributed by atoms with van der Waals surface area (Å²) in [7, 11) is 0. The molecule has 1 saturated carbocycles. The van der Waals surface area contributed by atoms with E-state index >= 15 is 0 Å². The lowest BCUT2D eigenvalue weighted by atomic mass is 10.1. The highest BCUT2D eigenvalue weighted by molar-refractivity contribution is 4.63. The van der Waals surface area contributed by atoms with Crippen LogP contribution < -0.4 is 0 Å². The van der Waals surface area contributed by atoms with E-state index < -0.39 is 0 Å². The minimum absolute atomic E-state index is 0.596. The van der Waals surface area contributed by atoms with Gasteiger partial charge in [-0.1, -0.05) is 64.7 Å². The Balaban J connectivity index is 1.86. The molecule has 0 heterocycles. The van der Waals surface area contributed by atoms with Crippen LogP contribution in [0.1, 0.15) is 84.0 Å². The standard InChI is InChI=1S/C15H30O/c1-2-3-4-5-8-11-14-16-15-12-9-6-7-10-13-15/h15H,2-14H2,1H3. The zero-order chi connectivity index (χ0) is 11.5. The van der Waals surface area contributed by atoms with Crippen molar-refractivity contribution >= 4 is 0 Å². The normalized spacial score (nSPS) is 18.6. The van der Waals surface area contributed by atoms with Crippen molar-refractivity contribution in [2.75, 3.05) is 6.61 Å². The predicted molar refractivity (Wildman–Crippen MR) is 70.8 cm³/mol. The fraction of sp³-hybridized carbons (Fsp3) is 1.00. The number of unbranched alkanes of at least 4 members (excludes halogenated alkanes) is 5. The lowest BCUT2D eigenvalue weighted by Crippen LogP contribution is -2.12. The van der Waals surface area contributed by atoms with E-state index in [0.29, 0.717) is 6.10 Å². The first kappa shape index (κ1) is 14.0. The Kier molecular flexibility index (Phi) is 8.88. The minimum atomic E-state index is 0.596. The van der Waals surface area contributed by atoms with Gasteiger partial charge in [0.05, 0.1) is 6.10 Å². The molecule has 0 aromatic rings. The monoisotopic (exact) mass is 226 g/mol. The Morgan fingerprint density at radius 3 is 2.12 bits per heavy atom. The molecule has 1 fully saturated rings. The van der Waals surface area contributed by atoms with E-state index in [2.05, 4.69) is 6.92 Å². The Hall–Kier alpha value is -0.0400. The van der Waals surface area contributed by atoms with E-state index in [1.807, 2.05) is 0 Å². The largest absolute Gasteiger partial charge is 0.378 e. The molecule has 1 heteroatoms. The van der Waals surface area contributed by atoms with E-state index in [4.69, 9.17) is 4.74 Å². The zero-order valence-corrected chi connectivity index (χ0v) is 11.2. The Morgan fingerprint density at radius 1 is 0.812 bits per heavy atom. The molecular formula is C15H30O. The molecular weight excluding hydrogens is 196 g/mol. The van der Waals surface area contributed by atoms with Gasteiger partial charge in [0.25, 0.3) is 0 Å². The van der Waals surface area contributed by atoms with Crippen molar-refractivity contribution in [2.24, 2.45) is 0 Å². The van der Waals surface area contributed by atoms with Gasteiger partial charge in [0.2, 0.25) is 0 Å². The van der Waals surface area contributed by atoms with Gasteiger partial charge in [-0.3, -0.25) is 0 Å². The van der Waals surface area contributed by atoms with Crippen LogP contribution in [0, 0.1) is 0 Å².